The Bertz CT molecular complexity index is 1060. The van der Waals surface area contributed by atoms with Crippen LogP contribution >= 0.6 is 23.5 Å². The molecule has 0 bridgehead atoms. The van der Waals surface area contributed by atoms with Crippen LogP contribution in [-0.4, -0.2) is 26.2 Å². The van der Waals surface area contributed by atoms with Crippen LogP contribution in [0.1, 0.15) is 20.7 Å². The summed E-state index contributed by atoms with van der Waals surface area (Å²) in [5.74, 6) is -0.374. The molecular formula is C17H10O4S3. The van der Waals surface area contributed by atoms with E-state index in [0.717, 1.165) is 11.2 Å². The molecule has 4 nitrogen and oxygen atoms in total. The summed E-state index contributed by atoms with van der Waals surface area (Å²) in [5, 5.41) is 0. The van der Waals surface area contributed by atoms with Crippen molar-refractivity contribution >= 4 is 44.9 Å². The number of rotatable bonds is 1. The number of Topliss-reactive ketones (excluding diaryl/α,β-unsaturated/α-hetero) is 2. The lowest BCUT2D eigenvalue weighted by molar-refractivity contribution is 0.101. The molecule has 0 saturated heterocycles. The summed E-state index contributed by atoms with van der Waals surface area (Å²) in [6.45, 7) is 0. The van der Waals surface area contributed by atoms with E-state index in [1.165, 1.54) is 41.7 Å². The fraction of sp³-hybridized carbons (Fsp3) is 0.0588. The molecule has 2 heterocycles. The zero-order valence-corrected chi connectivity index (χ0v) is 14.8. The predicted octanol–water partition coefficient (Wildman–Crippen LogP) is 3.58. The minimum atomic E-state index is -3.35. The summed E-state index contributed by atoms with van der Waals surface area (Å²) in [6.07, 6.45) is 1.13. The maximum atomic E-state index is 12.6. The molecule has 0 spiro atoms. The highest BCUT2D eigenvalue weighted by Gasteiger charge is 2.36. The molecule has 2 aliphatic rings. The summed E-state index contributed by atoms with van der Waals surface area (Å²) < 4.78 is 23.4. The van der Waals surface area contributed by atoms with Crippen LogP contribution in [0.3, 0.4) is 0 Å². The zero-order chi connectivity index (χ0) is 17.1. The van der Waals surface area contributed by atoms with Gasteiger partial charge in [0.25, 0.3) is 0 Å². The highest BCUT2D eigenvalue weighted by molar-refractivity contribution is 8.08. The predicted molar refractivity (Wildman–Crippen MR) is 93.4 cm³/mol. The average Bonchev–Trinajstić information content (AvgIpc) is 3.04. The van der Waals surface area contributed by atoms with Crippen molar-refractivity contribution in [1.82, 2.24) is 0 Å². The molecular weight excluding hydrogens is 364 g/mol. The lowest BCUT2D eigenvalue weighted by Gasteiger charge is -2.00. The molecule has 0 amide bonds. The van der Waals surface area contributed by atoms with Crippen LogP contribution in [0.15, 0.2) is 67.0 Å². The van der Waals surface area contributed by atoms with Gasteiger partial charge < -0.3 is 0 Å². The van der Waals surface area contributed by atoms with Crippen LogP contribution in [0.2, 0.25) is 0 Å². The smallest absolute Gasteiger partial charge is 0.202 e. The van der Waals surface area contributed by atoms with Gasteiger partial charge in [-0.15, -0.1) is 0 Å². The fourth-order valence-corrected chi connectivity index (χ4v) is 5.67. The van der Waals surface area contributed by atoms with Gasteiger partial charge in [0, 0.05) is 27.2 Å². The van der Waals surface area contributed by atoms with Gasteiger partial charge in [-0.2, -0.15) is 0 Å². The van der Waals surface area contributed by atoms with E-state index in [0.29, 0.717) is 25.8 Å². The molecule has 2 aromatic carbocycles. The number of hydrogen-bond acceptors (Lipinski definition) is 6. The monoisotopic (exact) mass is 374 g/mol. The molecule has 24 heavy (non-hydrogen) atoms. The van der Waals surface area contributed by atoms with Crippen molar-refractivity contribution < 1.29 is 18.0 Å². The first-order valence-electron chi connectivity index (χ1n) is 6.99. The van der Waals surface area contributed by atoms with Crippen LogP contribution in [0.25, 0.3) is 0 Å². The molecule has 4 rings (SSSR count). The van der Waals surface area contributed by atoms with Gasteiger partial charge in [0.05, 0.1) is 14.7 Å². The Morgan fingerprint density at radius 2 is 1.38 bits per heavy atom. The largest absolute Gasteiger partial charge is 0.288 e. The van der Waals surface area contributed by atoms with Crippen LogP contribution in [-0.2, 0) is 9.84 Å². The van der Waals surface area contributed by atoms with Gasteiger partial charge in [-0.1, -0.05) is 35.7 Å². The third-order valence-corrected chi connectivity index (χ3v) is 7.36. The van der Waals surface area contributed by atoms with Gasteiger partial charge in [-0.25, -0.2) is 8.42 Å². The quantitative estimate of drug-likeness (QED) is 0.711. The number of fused-ring (bicyclic) bond motifs is 2. The average molecular weight is 374 g/mol. The van der Waals surface area contributed by atoms with E-state index in [-0.39, 0.29) is 16.5 Å². The van der Waals surface area contributed by atoms with Crippen molar-refractivity contribution in [2.24, 2.45) is 0 Å². The Morgan fingerprint density at radius 3 is 2.00 bits per heavy atom. The standard InChI is InChI=1S/C17H10O4S3/c1-24(20,21)9-6-7-11-13(8-9)23-17(15(11)19)16-14(18)10-4-2-3-5-12(10)22-16/h2-8H,1H3/b17-16+. The molecule has 0 aliphatic carbocycles. The van der Waals surface area contributed by atoms with Crippen molar-refractivity contribution in [2.45, 2.75) is 14.7 Å². The van der Waals surface area contributed by atoms with Gasteiger partial charge in [-0.3, -0.25) is 9.59 Å². The SMILES string of the molecule is CS(=O)(=O)c1ccc2c(c1)S/C(=C1/Sc3ccccc3C1=O)C2=O. The Labute approximate surface area is 147 Å². The maximum absolute atomic E-state index is 12.6. The summed E-state index contributed by atoms with van der Waals surface area (Å²) in [5.41, 5.74) is 1.05. The van der Waals surface area contributed by atoms with Crippen LogP contribution in [0, 0.1) is 0 Å². The van der Waals surface area contributed by atoms with Crippen molar-refractivity contribution in [3.8, 4) is 0 Å². The minimum absolute atomic E-state index is 0.150. The van der Waals surface area contributed by atoms with Crippen molar-refractivity contribution in [1.29, 1.82) is 0 Å². The highest BCUT2D eigenvalue weighted by Crippen LogP contribution is 2.49. The number of ketones is 2. The summed E-state index contributed by atoms with van der Waals surface area (Å²) in [7, 11) is -3.35. The molecule has 0 saturated carbocycles. The number of carbonyl (C=O) groups excluding carboxylic acids is 2. The fourth-order valence-electron chi connectivity index (χ4n) is 2.60. The van der Waals surface area contributed by atoms with Gasteiger partial charge in [0.15, 0.2) is 9.84 Å². The molecule has 0 unspecified atom stereocenters. The zero-order valence-electron chi connectivity index (χ0n) is 12.4. The maximum Gasteiger partial charge on any atom is 0.202 e. The Kier molecular flexibility index (Phi) is 3.49. The minimum Gasteiger partial charge on any atom is -0.288 e. The van der Waals surface area contributed by atoms with E-state index in [2.05, 4.69) is 0 Å². The molecule has 0 radical (unpaired) electrons. The van der Waals surface area contributed by atoms with Crippen molar-refractivity contribution in [3.05, 3.63) is 63.4 Å². The summed E-state index contributed by atoms with van der Waals surface area (Å²) in [4.78, 5) is 27.6. The molecule has 0 aromatic heterocycles. The second-order valence-corrected chi connectivity index (χ2v) is 9.57. The first-order chi connectivity index (χ1) is 11.4. The van der Waals surface area contributed by atoms with Crippen molar-refractivity contribution in [3.63, 3.8) is 0 Å². The first-order valence-corrected chi connectivity index (χ1v) is 10.5. The Morgan fingerprint density at radius 1 is 0.792 bits per heavy atom. The van der Waals surface area contributed by atoms with Crippen LogP contribution in [0.4, 0.5) is 0 Å². The third-order valence-electron chi connectivity index (χ3n) is 3.80. The van der Waals surface area contributed by atoms with E-state index in [1.54, 1.807) is 12.1 Å². The molecule has 2 aliphatic heterocycles. The molecule has 0 fully saturated rings. The third kappa shape index (κ3) is 2.35. The number of benzene rings is 2. The van der Waals surface area contributed by atoms with Gasteiger partial charge >= 0.3 is 0 Å². The van der Waals surface area contributed by atoms with Crippen molar-refractivity contribution in [2.75, 3.05) is 6.26 Å². The van der Waals surface area contributed by atoms with Crippen LogP contribution in [0.5, 0.6) is 0 Å². The second kappa shape index (κ2) is 5.34. The number of carbonyl (C=O) groups is 2. The lowest BCUT2D eigenvalue weighted by Crippen LogP contribution is -2.02. The molecule has 0 N–H and O–H groups in total. The first kappa shape index (κ1) is 15.7. The topological polar surface area (TPSA) is 68.3 Å². The van der Waals surface area contributed by atoms with E-state index >= 15 is 0 Å². The summed E-state index contributed by atoms with van der Waals surface area (Å²) in [6, 6.07) is 11.7. The number of allylic oxidation sites excluding steroid dienone is 2. The number of hydrogen-bond donors (Lipinski definition) is 0. The Balaban J connectivity index is 1.81. The van der Waals surface area contributed by atoms with E-state index in [1.807, 2.05) is 12.1 Å². The molecule has 120 valence electrons. The highest BCUT2D eigenvalue weighted by atomic mass is 32.2. The van der Waals surface area contributed by atoms with Crippen LogP contribution < -0.4 is 0 Å². The molecule has 0 atom stereocenters. The number of sulfone groups is 1. The van der Waals surface area contributed by atoms with E-state index < -0.39 is 9.84 Å². The second-order valence-electron chi connectivity index (χ2n) is 5.45. The lowest BCUT2D eigenvalue weighted by atomic mass is 10.1. The van der Waals surface area contributed by atoms with E-state index in [4.69, 9.17) is 0 Å². The van der Waals surface area contributed by atoms with Gasteiger partial charge in [0.1, 0.15) is 0 Å². The molecule has 2 aromatic rings. The van der Waals surface area contributed by atoms with E-state index in [9.17, 15) is 18.0 Å². The normalized spacial score (nSPS) is 19.5. The Hall–Kier alpha value is -1.83. The summed E-state index contributed by atoms with van der Waals surface area (Å²) >= 11 is 2.47. The number of thioether (sulfide) groups is 2. The van der Waals surface area contributed by atoms with Gasteiger partial charge in [0.2, 0.25) is 11.6 Å². The molecule has 7 heteroatoms. The van der Waals surface area contributed by atoms with Gasteiger partial charge in [-0.05, 0) is 30.3 Å².